The van der Waals surface area contributed by atoms with Crippen molar-refractivity contribution < 1.29 is 4.21 Å². The maximum atomic E-state index is 11.2. The van der Waals surface area contributed by atoms with Crippen molar-refractivity contribution in [3.63, 3.8) is 0 Å². The van der Waals surface area contributed by atoms with Gasteiger partial charge in [0.2, 0.25) is 0 Å². The minimum absolute atomic E-state index is 0.672. The van der Waals surface area contributed by atoms with Crippen molar-refractivity contribution in [3.05, 3.63) is 17.5 Å². The molecule has 0 aliphatic heterocycles. The van der Waals surface area contributed by atoms with Gasteiger partial charge < -0.3 is 5.32 Å². The monoisotopic (exact) mass is 243 g/mol. The van der Waals surface area contributed by atoms with E-state index in [2.05, 4.69) is 23.4 Å². The Morgan fingerprint density at radius 2 is 2.25 bits per heavy atom. The normalized spacial score (nSPS) is 12.9. The van der Waals surface area contributed by atoms with E-state index >= 15 is 0 Å². The molecule has 0 aromatic carbocycles. The second-order valence-corrected chi connectivity index (χ2v) is 5.57. The quantitative estimate of drug-likeness (QED) is 0.729. The fourth-order valence-electron chi connectivity index (χ4n) is 1.56. The van der Waals surface area contributed by atoms with Gasteiger partial charge in [0.05, 0.1) is 11.4 Å². The number of hydrogen-bond acceptors (Lipinski definition) is 3. The molecule has 1 atom stereocenters. The zero-order valence-corrected chi connectivity index (χ0v) is 11.1. The van der Waals surface area contributed by atoms with Crippen LogP contribution in [0.1, 0.15) is 25.2 Å². The molecular formula is C11H21N3OS. The number of nitrogens with one attached hydrogen (secondary N) is 1. The second kappa shape index (κ2) is 6.81. The van der Waals surface area contributed by atoms with E-state index < -0.39 is 10.8 Å². The van der Waals surface area contributed by atoms with Crippen molar-refractivity contribution in [2.75, 3.05) is 18.1 Å². The Morgan fingerprint density at radius 1 is 1.50 bits per heavy atom. The summed E-state index contributed by atoms with van der Waals surface area (Å²) in [5.41, 5.74) is 2.25. The smallest absolute Gasteiger partial charge is 0.0597 e. The third-order valence-corrected chi connectivity index (χ3v) is 3.72. The van der Waals surface area contributed by atoms with Crippen molar-refractivity contribution in [2.24, 2.45) is 0 Å². The first-order valence-electron chi connectivity index (χ1n) is 5.76. The van der Waals surface area contributed by atoms with Crippen LogP contribution in [0.4, 0.5) is 0 Å². The van der Waals surface area contributed by atoms with Crippen LogP contribution in [-0.2, 0) is 23.9 Å². The van der Waals surface area contributed by atoms with E-state index in [-0.39, 0.29) is 0 Å². The first-order valence-corrected chi connectivity index (χ1v) is 7.25. The molecule has 1 unspecified atom stereocenters. The van der Waals surface area contributed by atoms with Crippen LogP contribution < -0.4 is 5.32 Å². The molecule has 0 aliphatic rings. The summed E-state index contributed by atoms with van der Waals surface area (Å²) >= 11 is 0. The Labute approximate surface area is 99.9 Å². The second-order valence-electron chi connectivity index (χ2n) is 3.70. The van der Waals surface area contributed by atoms with Crippen molar-refractivity contribution >= 4 is 10.8 Å². The van der Waals surface area contributed by atoms with Crippen molar-refractivity contribution in [1.82, 2.24) is 15.1 Å². The van der Waals surface area contributed by atoms with E-state index in [0.29, 0.717) is 0 Å². The van der Waals surface area contributed by atoms with E-state index in [4.69, 9.17) is 0 Å². The van der Waals surface area contributed by atoms with Crippen LogP contribution in [0.2, 0.25) is 0 Å². The molecule has 0 aliphatic carbocycles. The number of nitrogens with zero attached hydrogens (tertiary/aromatic N) is 2. The van der Waals surface area contributed by atoms with Crippen molar-refractivity contribution in [2.45, 2.75) is 33.9 Å². The lowest BCUT2D eigenvalue weighted by molar-refractivity contribution is 0.587. The summed E-state index contributed by atoms with van der Waals surface area (Å²) in [7, 11) is -0.672. The van der Waals surface area contributed by atoms with Gasteiger partial charge in [0.1, 0.15) is 0 Å². The summed E-state index contributed by atoms with van der Waals surface area (Å²) in [5, 5.41) is 7.68. The van der Waals surface area contributed by atoms with Crippen LogP contribution >= 0.6 is 0 Å². The highest BCUT2D eigenvalue weighted by atomic mass is 32.2. The number of hydrogen-bond donors (Lipinski definition) is 1. The molecule has 1 heterocycles. The molecule has 0 saturated heterocycles. The zero-order valence-electron chi connectivity index (χ0n) is 10.3. The molecule has 0 spiro atoms. The van der Waals surface area contributed by atoms with Gasteiger partial charge >= 0.3 is 0 Å². The highest BCUT2D eigenvalue weighted by Crippen LogP contribution is 2.02. The molecule has 92 valence electrons. The van der Waals surface area contributed by atoms with Gasteiger partial charge in [0, 0.05) is 41.9 Å². The SMILES string of the molecule is CCn1nc(C)cc1CNCCS(=O)CC. The predicted octanol–water partition coefficient (Wildman–Crippen LogP) is 1.07. The van der Waals surface area contributed by atoms with E-state index in [1.165, 1.54) is 5.69 Å². The molecule has 0 fully saturated rings. The molecule has 1 rings (SSSR count). The molecule has 1 aromatic heterocycles. The Balaban J connectivity index is 2.34. The molecular weight excluding hydrogens is 222 g/mol. The first-order chi connectivity index (χ1) is 7.67. The van der Waals surface area contributed by atoms with E-state index in [1.807, 2.05) is 18.5 Å². The summed E-state index contributed by atoms with van der Waals surface area (Å²) in [6.07, 6.45) is 0. The third-order valence-electron chi connectivity index (χ3n) is 2.42. The Morgan fingerprint density at radius 3 is 2.88 bits per heavy atom. The molecule has 0 amide bonds. The Hall–Kier alpha value is -0.680. The van der Waals surface area contributed by atoms with Gasteiger partial charge in [-0.15, -0.1) is 0 Å². The van der Waals surface area contributed by atoms with Gasteiger partial charge in [-0.05, 0) is 19.9 Å². The van der Waals surface area contributed by atoms with Crippen LogP contribution in [0.5, 0.6) is 0 Å². The van der Waals surface area contributed by atoms with Crippen molar-refractivity contribution in [1.29, 1.82) is 0 Å². The summed E-state index contributed by atoms with van der Waals surface area (Å²) in [6, 6.07) is 2.09. The summed E-state index contributed by atoms with van der Waals surface area (Å²) in [4.78, 5) is 0. The Bertz CT molecular complexity index is 349. The van der Waals surface area contributed by atoms with Gasteiger partial charge in [-0.1, -0.05) is 6.92 Å². The zero-order chi connectivity index (χ0) is 12.0. The topological polar surface area (TPSA) is 46.9 Å². The van der Waals surface area contributed by atoms with Crippen LogP contribution in [0.3, 0.4) is 0 Å². The summed E-state index contributed by atoms with van der Waals surface area (Å²) < 4.78 is 13.2. The molecule has 4 nitrogen and oxygen atoms in total. The number of rotatable bonds is 7. The minimum Gasteiger partial charge on any atom is -0.310 e. The lowest BCUT2D eigenvalue weighted by Crippen LogP contribution is -2.22. The summed E-state index contributed by atoms with van der Waals surface area (Å²) in [6.45, 7) is 8.53. The first kappa shape index (κ1) is 13.4. The molecule has 1 N–H and O–H groups in total. The van der Waals surface area contributed by atoms with Crippen LogP contribution in [0.15, 0.2) is 6.07 Å². The van der Waals surface area contributed by atoms with Gasteiger partial charge in [0.15, 0.2) is 0 Å². The average Bonchev–Trinajstić information content (AvgIpc) is 2.64. The highest BCUT2D eigenvalue weighted by molar-refractivity contribution is 7.84. The van der Waals surface area contributed by atoms with Crippen LogP contribution in [-0.4, -0.2) is 32.0 Å². The van der Waals surface area contributed by atoms with Crippen molar-refractivity contribution in [3.8, 4) is 0 Å². The van der Waals surface area contributed by atoms with Gasteiger partial charge in [0.25, 0.3) is 0 Å². The van der Waals surface area contributed by atoms with Gasteiger partial charge in [-0.25, -0.2) is 0 Å². The molecule has 0 bridgehead atoms. The third kappa shape index (κ3) is 4.06. The molecule has 1 aromatic rings. The number of aromatic nitrogens is 2. The van der Waals surface area contributed by atoms with E-state index in [9.17, 15) is 4.21 Å². The Kier molecular flexibility index (Phi) is 5.69. The largest absolute Gasteiger partial charge is 0.310 e. The fourth-order valence-corrected chi connectivity index (χ4v) is 2.22. The minimum atomic E-state index is -0.672. The van der Waals surface area contributed by atoms with E-state index in [0.717, 1.165) is 36.8 Å². The maximum Gasteiger partial charge on any atom is 0.0597 e. The average molecular weight is 243 g/mol. The van der Waals surface area contributed by atoms with E-state index in [1.54, 1.807) is 0 Å². The van der Waals surface area contributed by atoms with Crippen LogP contribution in [0.25, 0.3) is 0 Å². The standard InChI is InChI=1S/C11H21N3OS/c1-4-14-11(8-10(3)13-14)9-12-6-7-16(15)5-2/h8,12H,4-7,9H2,1-3H3. The van der Waals surface area contributed by atoms with Gasteiger partial charge in [-0.3, -0.25) is 8.89 Å². The fraction of sp³-hybridized carbons (Fsp3) is 0.727. The summed E-state index contributed by atoms with van der Waals surface area (Å²) in [5.74, 6) is 1.48. The number of aryl methyl sites for hydroxylation is 2. The lowest BCUT2D eigenvalue weighted by Gasteiger charge is -2.06. The molecule has 0 saturated carbocycles. The molecule has 0 radical (unpaired) electrons. The van der Waals surface area contributed by atoms with Crippen LogP contribution in [0, 0.1) is 6.92 Å². The maximum absolute atomic E-state index is 11.2. The van der Waals surface area contributed by atoms with Gasteiger partial charge in [-0.2, -0.15) is 5.10 Å². The molecule has 16 heavy (non-hydrogen) atoms. The molecule has 5 heteroatoms. The highest BCUT2D eigenvalue weighted by Gasteiger charge is 2.03. The lowest BCUT2D eigenvalue weighted by atomic mass is 10.3. The predicted molar refractivity (Wildman–Crippen MR) is 67.9 cm³/mol.